The Morgan fingerprint density at radius 1 is 0.920 bits per heavy atom. The topological polar surface area (TPSA) is 24.5 Å². The average Bonchev–Trinajstić information content (AvgIpc) is 2.84. The highest BCUT2D eigenvalue weighted by Crippen LogP contribution is 2.38. The van der Waals surface area contributed by atoms with Crippen molar-refractivity contribution < 1.29 is 26.7 Å². The fourth-order valence-corrected chi connectivity index (χ4v) is 3.98. The third kappa shape index (κ3) is 3.46. The molecule has 0 radical (unpaired) electrons. The van der Waals surface area contributed by atoms with Gasteiger partial charge in [-0.3, -0.25) is 4.90 Å². The first kappa shape index (κ1) is 18.4. The maximum atomic E-state index is 13.8. The summed E-state index contributed by atoms with van der Waals surface area (Å²) in [5.41, 5.74) is 0. The molecule has 2 fully saturated rings. The molecule has 3 nitrogen and oxygen atoms in total. The van der Waals surface area contributed by atoms with E-state index in [1.165, 1.54) is 0 Å². The zero-order chi connectivity index (χ0) is 18.1. The number of benzene rings is 1. The van der Waals surface area contributed by atoms with Crippen molar-refractivity contribution in [3.05, 3.63) is 29.1 Å². The zero-order valence-electron chi connectivity index (χ0n) is 13.9. The second kappa shape index (κ2) is 7.45. The molecule has 2 atom stereocenters. The standard InChI is InChI=1S/C17H21F5N2O/c1-23-5-2-6-24-9-3-4-10(24)8-11(7-9)25-17-15(21)13(19)12(18)14(20)16(17)22/h9-11,23H,2-8H2,1H3. The maximum Gasteiger partial charge on any atom is 0.207 e. The SMILES string of the molecule is CNCCCN1C2CCC1CC(Oc1c(F)c(F)c(F)c(F)c1F)C2. The van der Waals surface area contributed by atoms with Crippen LogP contribution >= 0.6 is 0 Å². The van der Waals surface area contributed by atoms with Gasteiger partial charge < -0.3 is 10.1 Å². The van der Waals surface area contributed by atoms with Crippen molar-refractivity contribution in [1.82, 2.24) is 10.2 Å². The highest BCUT2D eigenvalue weighted by molar-refractivity contribution is 5.30. The van der Waals surface area contributed by atoms with Gasteiger partial charge in [-0.05, 0) is 52.2 Å². The van der Waals surface area contributed by atoms with Crippen LogP contribution in [0.2, 0.25) is 0 Å². The van der Waals surface area contributed by atoms with Crippen LogP contribution in [-0.4, -0.2) is 43.2 Å². The van der Waals surface area contributed by atoms with Gasteiger partial charge in [0.25, 0.3) is 0 Å². The van der Waals surface area contributed by atoms with Crippen molar-refractivity contribution in [3.63, 3.8) is 0 Å². The fourth-order valence-electron chi connectivity index (χ4n) is 3.98. The predicted octanol–water partition coefficient (Wildman–Crippen LogP) is 3.37. The summed E-state index contributed by atoms with van der Waals surface area (Å²) in [7, 11) is 1.89. The van der Waals surface area contributed by atoms with Crippen molar-refractivity contribution >= 4 is 0 Å². The maximum absolute atomic E-state index is 13.8. The molecular weight excluding hydrogens is 343 g/mol. The van der Waals surface area contributed by atoms with E-state index in [9.17, 15) is 22.0 Å². The molecule has 2 saturated heterocycles. The van der Waals surface area contributed by atoms with Crippen LogP contribution in [-0.2, 0) is 0 Å². The summed E-state index contributed by atoms with van der Waals surface area (Å²) in [6, 6.07) is 0.448. The van der Waals surface area contributed by atoms with Gasteiger partial charge in [-0.1, -0.05) is 0 Å². The molecule has 2 bridgehead atoms. The van der Waals surface area contributed by atoms with E-state index < -0.39 is 40.9 Å². The van der Waals surface area contributed by atoms with E-state index >= 15 is 0 Å². The molecule has 2 unspecified atom stereocenters. The van der Waals surface area contributed by atoms with E-state index in [1.54, 1.807) is 0 Å². The predicted molar refractivity (Wildman–Crippen MR) is 81.9 cm³/mol. The first-order valence-corrected chi connectivity index (χ1v) is 8.52. The molecule has 25 heavy (non-hydrogen) atoms. The number of rotatable bonds is 6. The number of halogens is 5. The van der Waals surface area contributed by atoms with Crippen molar-refractivity contribution in [2.45, 2.75) is 50.3 Å². The fraction of sp³-hybridized carbons (Fsp3) is 0.647. The summed E-state index contributed by atoms with van der Waals surface area (Å²) in [5.74, 6) is -11.1. The van der Waals surface area contributed by atoms with E-state index in [0.29, 0.717) is 12.8 Å². The lowest BCUT2D eigenvalue weighted by molar-refractivity contribution is 0.0434. The minimum absolute atomic E-state index is 0.224. The zero-order valence-corrected chi connectivity index (χ0v) is 13.9. The molecule has 0 spiro atoms. The third-order valence-corrected chi connectivity index (χ3v) is 5.14. The second-order valence-electron chi connectivity index (χ2n) is 6.69. The number of piperidine rings is 1. The number of nitrogens with one attached hydrogen (secondary N) is 1. The van der Waals surface area contributed by atoms with E-state index in [-0.39, 0.29) is 12.1 Å². The number of hydrogen-bond donors (Lipinski definition) is 1. The Morgan fingerprint density at radius 2 is 1.44 bits per heavy atom. The lowest BCUT2D eigenvalue weighted by Gasteiger charge is -2.39. The molecule has 1 N–H and O–H groups in total. The average molecular weight is 364 g/mol. The first-order valence-electron chi connectivity index (χ1n) is 8.52. The largest absolute Gasteiger partial charge is 0.484 e. The number of ether oxygens (including phenoxy) is 1. The Hall–Kier alpha value is -1.41. The molecule has 0 saturated carbocycles. The Balaban J connectivity index is 1.71. The van der Waals surface area contributed by atoms with Crippen LogP contribution in [0.5, 0.6) is 5.75 Å². The van der Waals surface area contributed by atoms with Crippen LogP contribution in [0, 0.1) is 29.1 Å². The Bertz CT molecular complexity index is 599. The molecule has 1 aromatic rings. The molecule has 0 amide bonds. The summed E-state index contributed by atoms with van der Waals surface area (Å²) in [6.07, 6.45) is 3.41. The van der Waals surface area contributed by atoms with Gasteiger partial charge >= 0.3 is 0 Å². The van der Waals surface area contributed by atoms with Gasteiger partial charge in [0.05, 0.1) is 0 Å². The normalized spacial score (nSPS) is 26.2. The Morgan fingerprint density at radius 3 is 1.96 bits per heavy atom. The van der Waals surface area contributed by atoms with Crippen molar-refractivity contribution in [2.75, 3.05) is 20.1 Å². The molecule has 140 valence electrons. The first-order chi connectivity index (χ1) is 11.9. The van der Waals surface area contributed by atoms with Crippen LogP contribution in [0.4, 0.5) is 22.0 Å². The minimum Gasteiger partial charge on any atom is -0.484 e. The molecule has 2 heterocycles. The van der Waals surface area contributed by atoms with Gasteiger partial charge in [0, 0.05) is 12.1 Å². The Kier molecular flexibility index (Phi) is 5.48. The van der Waals surface area contributed by atoms with Gasteiger partial charge in [-0.2, -0.15) is 8.78 Å². The van der Waals surface area contributed by atoms with Crippen LogP contribution in [0.1, 0.15) is 32.1 Å². The van der Waals surface area contributed by atoms with E-state index in [2.05, 4.69) is 10.2 Å². The highest BCUT2D eigenvalue weighted by Gasteiger charge is 2.42. The second-order valence-corrected chi connectivity index (χ2v) is 6.69. The number of hydrogen-bond acceptors (Lipinski definition) is 3. The summed E-state index contributed by atoms with van der Waals surface area (Å²) in [5, 5.41) is 3.09. The molecule has 2 aliphatic rings. The van der Waals surface area contributed by atoms with Crippen molar-refractivity contribution in [1.29, 1.82) is 0 Å². The van der Waals surface area contributed by atoms with Crippen LogP contribution in [0.3, 0.4) is 0 Å². The quantitative estimate of drug-likeness (QED) is 0.363. The molecule has 3 rings (SSSR count). The minimum atomic E-state index is -2.17. The van der Waals surface area contributed by atoms with Crippen molar-refractivity contribution in [3.8, 4) is 5.75 Å². The summed E-state index contributed by atoms with van der Waals surface area (Å²) in [6.45, 7) is 1.83. The summed E-state index contributed by atoms with van der Waals surface area (Å²) < 4.78 is 72.5. The smallest absolute Gasteiger partial charge is 0.207 e. The molecule has 0 aliphatic carbocycles. The Labute approximate surface area is 143 Å². The van der Waals surface area contributed by atoms with E-state index in [0.717, 1.165) is 32.4 Å². The van der Waals surface area contributed by atoms with Crippen molar-refractivity contribution in [2.24, 2.45) is 0 Å². The van der Waals surface area contributed by atoms with E-state index in [4.69, 9.17) is 4.74 Å². The van der Waals surface area contributed by atoms with Gasteiger partial charge in [0.2, 0.25) is 29.1 Å². The molecule has 8 heteroatoms. The third-order valence-electron chi connectivity index (χ3n) is 5.14. The lowest BCUT2D eigenvalue weighted by atomic mass is 9.99. The van der Waals surface area contributed by atoms with Crippen LogP contribution in [0.25, 0.3) is 0 Å². The molecule has 2 aliphatic heterocycles. The number of nitrogens with zero attached hydrogens (tertiary/aromatic N) is 1. The monoisotopic (exact) mass is 364 g/mol. The van der Waals surface area contributed by atoms with E-state index in [1.807, 2.05) is 7.05 Å². The highest BCUT2D eigenvalue weighted by atomic mass is 19.2. The molecule has 1 aromatic carbocycles. The summed E-state index contributed by atoms with van der Waals surface area (Å²) >= 11 is 0. The van der Waals surface area contributed by atoms with Gasteiger partial charge in [0.1, 0.15) is 6.10 Å². The van der Waals surface area contributed by atoms with Crippen LogP contribution < -0.4 is 10.1 Å². The van der Waals surface area contributed by atoms with Crippen LogP contribution in [0.15, 0.2) is 0 Å². The molecular formula is C17H21F5N2O. The molecule has 0 aromatic heterocycles. The summed E-state index contributed by atoms with van der Waals surface area (Å²) in [4.78, 5) is 2.37. The lowest BCUT2D eigenvalue weighted by Crippen LogP contribution is -2.47. The van der Waals surface area contributed by atoms with Gasteiger partial charge in [-0.15, -0.1) is 0 Å². The van der Waals surface area contributed by atoms with Gasteiger partial charge in [0.15, 0.2) is 5.75 Å². The number of fused-ring (bicyclic) bond motifs is 2. The van der Waals surface area contributed by atoms with Gasteiger partial charge in [-0.25, -0.2) is 13.2 Å².